The number of benzene rings is 1. The molecule has 242 valence electrons. The second kappa shape index (κ2) is 33.2. The third-order valence-electron chi connectivity index (χ3n) is 4.76. The van der Waals surface area contributed by atoms with Crippen molar-refractivity contribution in [3.63, 3.8) is 0 Å². The number of carboxylic acid groups (broad SMARTS) is 1. The van der Waals surface area contributed by atoms with Crippen LogP contribution in [0.4, 0.5) is 0 Å². The van der Waals surface area contributed by atoms with E-state index in [-0.39, 0.29) is 6.61 Å². The van der Waals surface area contributed by atoms with E-state index >= 15 is 0 Å². The Morgan fingerprint density at radius 2 is 0.881 bits per heavy atom. The predicted octanol–water partition coefficient (Wildman–Crippen LogP) is 1.35. The first-order chi connectivity index (χ1) is 20.6. The van der Waals surface area contributed by atoms with Crippen LogP contribution in [0.5, 0.6) is 0 Å². The average molecular weight is 605 g/mol. The third kappa shape index (κ3) is 30.7. The molecule has 1 aromatic carbocycles. The van der Waals surface area contributed by atoms with Crippen molar-refractivity contribution in [3.8, 4) is 0 Å². The molecule has 0 radical (unpaired) electrons. The molecule has 0 heterocycles. The predicted molar refractivity (Wildman–Crippen MR) is 154 cm³/mol. The van der Waals surface area contributed by atoms with Crippen LogP contribution in [0.15, 0.2) is 30.3 Å². The van der Waals surface area contributed by atoms with E-state index in [0.717, 1.165) is 17.9 Å². The van der Waals surface area contributed by atoms with Crippen molar-refractivity contribution in [2.45, 2.75) is 0 Å². The van der Waals surface area contributed by atoms with Gasteiger partial charge in [0.2, 0.25) is 0 Å². The quantitative estimate of drug-likeness (QED) is 0.0768. The summed E-state index contributed by atoms with van der Waals surface area (Å²) in [7, 11) is 1.64. The number of carboxylic acids is 1. The number of carbonyl (C=O) groups is 2. The minimum Gasteiger partial charge on any atom is -0.478 e. The van der Waals surface area contributed by atoms with Gasteiger partial charge in [-0.3, -0.25) is 4.79 Å². The van der Waals surface area contributed by atoms with Crippen molar-refractivity contribution in [2.75, 3.05) is 126 Å². The minimum atomic E-state index is -0.987. The van der Waals surface area contributed by atoms with Crippen LogP contribution in [0, 0.1) is 0 Å². The van der Waals surface area contributed by atoms with E-state index in [1.54, 1.807) is 31.4 Å². The van der Waals surface area contributed by atoms with Crippen molar-refractivity contribution in [2.24, 2.45) is 0 Å². The zero-order chi connectivity index (χ0) is 30.8. The van der Waals surface area contributed by atoms with E-state index in [2.05, 4.69) is 0 Å². The lowest BCUT2D eigenvalue weighted by Crippen LogP contribution is -2.15. The number of aliphatic carboxylic acids is 1. The lowest BCUT2D eigenvalue weighted by atomic mass is 10.1. The maximum Gasteiger partial charge on any atom is 0.328 e. The fourth-order valence-corrected chi connectivity index (χ4v) is 2.70. The molecule has 0 atom stereocenters. The number of ether oxygens (including phenoxy) is 9. The van der Waals surface area contributed by atoms with Crippen LogP contribution in [0.1, 0.15) is 15.9 Å². The van der Waals surface area contributed by atoms with E-state index in [4.69, 9.17) is 52.8 Å². The molecular weight excluding hydrogens is 556 g/mol. The Kier molecular flexibility index (Phi) is 31.4. The van der Waals surface area contributed by atoms with Crippen molar-refractivity contribution in [1.29, 1.82) is 0 Å². The van der Waals surface area contributed by atoms with Gasteiger partial charge >= 0.3 is 5.97 Å². The molecular formula is C29H48O13. The zero-order valence-corrected chi connectivity index (χ0v) is 24.7. The van der Waals surface area contributed by atoms with Crippen LogP contribution in [-0.4, -0.2) is 149 Å². The summed E-state index contributed by atoms with van der Waals surface area (Å²) in [6.45, 7) is 8.90. The number of rotatable bonds is 29. The average Bonchev–Trinajstić information content (AvgIpc) is 3.00. The number of carbonyl (C=O) groups excluding carboxylic acids is 1. The Morgan fingerprint density at radius 1 is 0.571 bits per heavy atom. The molecule has 0 aliphatic carbocycles. The van der Waals surface area contributed by atoms with Gasteiger partial charge in [0, 0.05) is 18.7 Å². The third-order valence-corrected chi connectivity index (χ3v) is 4.76. The lowest BCUT2D eigenvalue weighted by Gasteiger charge is -2.08. The maximum absolute atomic E-state index is 10.3. The Morgan fingerprint density at radius 3 is 1.17 bits per heavy atom. The van der Waals surface area contributed by atoms with Gasteiger partial charge in [0.25, 0.3) is 0 Å². The SMILES string of the molecule is COCCOCCOCCOCCOCCOCCOCCOCCOCCO.O=Cc1ccc(C=CC(=O)O)cc1. The largest absolute Gasteiger partial charge is 0.478 e. The highest BCUT2D eigenvalue weighted by Gasteiger charge is 1.95. The van der Waals surface area contributed by atoms with Gasteiger partial charge in [0.15, 0.2) is 0 Å². The molecule has 0 spiro atoms. The second-order valence-electron chi connectivity index (χ2n) is 8.07. The number of aliphatic hydroxyl groups excluding tert-OH is 1. The lowest BCUT2D eigenvalue weighted by molar-refractivity contribution is -0.131. The molecule has 0 saturated heterocycles. The van der Waals surface area contributed by atoms with Gasteiger partial charge in [-0.25, -0.2) is 4.79 Å². The van der Waals surface area contributed by atoms with E-state index in [1.165, 1.54) is 6.08 Å². The smallest absolute Gasteiger partial charge is 0.328 e. The van der Waals surface area contributed by atoms with Gasteiger partial charge < -0.3 is 52.8 Å². The van der Waals surface area contributed by atoms with Gasteiger partial charge in [-0.05, 0) is 11.6 Å². The van der Waals surface area contributed by atoms with Crippen LogP contribution >= 0.6 is 0 Å². The first kappa shape index (κ1) is 39.7. The van der Waals surface area contributed by atoms with E-state index in [9.17, 15) is 9.59 Å². The zero-order valence-electron chi connectivity index (χ0n) is 24.7. The molecule has 42 heavy (non-hydrogen) atoms. The van der Waals surface area contributed by atoms with Crippen molar-refractivity contribution >= 4 is 18.3 Å². The number of aliphatic hydroxyl groups is 1. The summed E-state index contributed by atoms with van der Waals surface area (Å²) in [5.74, 6) is -0.987. The van der Waals surface area contributed by atoms with Crippen LogP contribution in [-0.2, 0) is 47.4 Å². The Hall–Kier alpha value is -2.30. The molecule has 0 aliphatic rings. The molecule has 0 saturated carbocycles. The van der Waals surface area contributed by atoms with E-state index < -0.39 is 5.97 Å². The van der Waals surface area contributed by atoms with Crippen LogP contribution in [0.3, 0.4) is 0 Å². The van der Waals surface area contributed by atoms with Crippen molar-refractivity contribution < 1.29 is 62.4 Å². The molecule has 0 unspecified atom stereocenters. The molecule has 0 aromatic heterocycles. The van der Waals surface area contributed by atoms with Crippen LogP contribution in [0.2, 0.25) is 0 Å². The fourth-order valence-electron chi connectivity index (χ4n) is 2.70. The normalized spacial score (nSPS) is 11.0. The Balaban J connectivity index is 0.00000107. The highest BCUT2D eigenvalue weighted by Crippen LogP contribution is 2.04. The topological polar surface area (TPSA) is 158 Å². The molecule has 13 nitrogen and oxygen atoms in total. The molecule has 13 heteroatoms. The van der Waals surface area contributed by atoms with Gasteiger partial charge in [-0.15, -0.1) is 0 Å². The molecule has 1 aromatic rings. The molecule has 0 bridgehead atoms. The van der Waals surface area contributed by atoms with E-state index in [0.29, 0.717) is 118 Å². The fraction of sp³-hybridized carbons (Fsp3) is 0.655. The maximum atomic E-state index is 10.3. The highest BCUT2D eigenvalue weighted by molar-refractivity contribution is 5.85. The van der Waals surface area contributed by atoms with Gasteiger partial charge in [-0.1, -0.05) is 24.3 Å². The molecule has 0 fully saturated rings. The second-order valence-corrected chi connectivity index (χ2v) is 8.07. The van der Waals surface area contributed by atoms with Crippen molar-refractivity contribution in [3.05, 3.63) is 41.5 Å². The molecule has 1 rings (SSSR count). The summed E-state index contributed by atoms with van der Waals surface area (Å²) in [4.78, 5) is 20.4. The van der Waals surface area contributed by atoms with Crippen LogP contribution < -0.4 is 0 Å². The standard InChI is InChI=1S/C19H40O10.C10H8O3/c1-21-4-5-23-8-9-25-12-13-27-16-17-29-19-18-28-15-14-26-11-10-24-7-6-22-3-2-20;11-7-9-3-1-8(2-4-9)5-6-10(12)13/h20H,2-19H2,1H3;1-7H,(H,12,13). The summed E-state index contributed by atoms with van der Waals surface area (Å²) in [6.07, 6.45) is 3.26. The van der Waals surface area contributed by atoms with Crippen molar-refractivity contribution in [1.82, 2.24) is 0 Å². The molecule has 2 N–H and O–H groups in total. The summed E-state index contributed by atoms with van der Waals surface area (Å²) in [5.41, 5.74) is 1.33. The number of hydrogen-bond acceptors (Lipinski definition) is 12. The number of methoxy groups -OCH3 is 1. The van der Waals surface area contributed by atoms with Crippen LogP contribution in [0.25, 0.3) is 6.08 Å². The highest BCUT2D eigenvalue weighted by atomic mass is 16.6. The van der Waals surface area contributed by atoms with Gasteiger partial charge in [0.1, 0.15) is 6.29 Å². The van der Waals surface area contributed by atoms with E-state index in [1.807, 2.05) is 0 Å². The summed E-state index contributed by atoms with van der Waals surface area (Å²) in [6, 6.07) is 6.63. The van der Waals surface area contributed by atoms with Gasteiger partial charge in [0.05, 0.1) is 119 Å². The minimum absolute atomic E-state index is 0.0322. The van der Waals surface area contributed by atoms with Gasteiger partial charge in [-0.2, -0.15) is 0 Å². The Bertz CT molecular complexity index is 718. The molecule has 0 aliphatic heterocycles. The summed E-state index contributed by atoms with van der Waals surface area (Å²) >= 11 is 0. The molecule has 0 amide bonds. The number of hydrogen-bond donors (Lipinski definition) is 2. The number of aldehydes is 1. The summed E-state index contributed by atoms with van der Waals surface area (Å²) < 4.78 is 47.4. The monoisotopic (exact) mass is 604 g/mol. The first-order valence-corrected chi connectivity index (χ1v) is 13.8. The first-order valence-electron chi connectivity index (χ1n) is 13.8. The Labute approximate surface area is 248 Å². The summed E-state index contributed by atoms with van der Waals surface area (Å²) in [5, 5.41) is 16.9.